The molecule has 0 bridgehead atoms. The summed E-state index contributed by atoms with van der Waals surface area (Å²) in [5.74, 6) is 0.362. The van der Waals surface area contributed by atoms with Gasteiger partial charge in [0.15, 0.2) is 0 Å². The van der Waals surface area contributed by atoms with Gasteiger partial charge in [0.25, 0.3) is 0 Å². The Morgan fingerprint density at radius 1 is 1.46 bits per heavy atom. The highest BCUT2D eigenvalue weighted by molar-refractivity contribution is 6.63. The van der Waals surface area contributed by atoms with Crippen LogP contribution in [0.1, 0.15) is 29.9 Å². The number of aryl methyl sites for hydroxylation is 1. The molecule has 2 heteroatoms. The molecule has 1 aromatic rings. The van der Waals surface area contributed by atoms with Crippen molar-refractivity contribution in [3.8, 4) is 0 Å². The van der Waals surface area contributed by atoms with Crippen molar-refractivity contribution in [2.45, 2.75) is 25.2 Å². The maximum Gasteiger partial charge on any atom is 0.222 e. The van der Waals surface area contributed by atoms with E-state index in [-0.39, 0.29) is 5.24 Å². The molecule has 0 saturated carbocycles. The molecule has 13 heavy (non-hydrogen) atoms. The Balaban J connectivity index is 2.23. The number of hydrogen-bond donors (Lipinski definition) is 0. The average Bonchev–Trinajstić information content (AvgIpc) is 2.48. The smallest absolute Gasteiger partial charge is 0.222 e. The molecular weight excluding hydrogens is 184 g/mol. The summed E-state index contributed by atoms with van der Waals surface area (Å²) in [4.78, 5) is 10.8. The summed E-state index contributed by atoms with van der Waals surface area (Å²) in [5.41, 5.74) is 2.70. The van der Waals surface area contributed by atoms with Crippen molar-refractivity contribution in [2.75, 3.05) is 0 Å². The molecule has 1 nitrogen and oxygen atoms in total. The van der Waals surface area contributed by atoms with Crippen LogP contribution in [-0.2, 0) is 11.2 Å². The third-order valence-corrected chi connectivity index (χ3v) is 2.82. The minimum Gasteiger partial charge on any atom is -0.281 e. The summed E-state index contributed by atoms with van der Waals surface area (Å²) < 4.78 is 0. The fraction of sp³-hybridized carbons (Fsp3) is 0.364. The van der Waals surface area contributed by atoms with Crippen LogP contribution < -0.4 is 0 Å². The molecule has 0 fully saturated rings. The number of carbonyl (C=O) groups is 1. The molecule has 1 atom stereocenters. The van der Waals surface area contributed by atoms with Crippen LogP contribution in [0.15, 0.2) is 24.3 Å². The van der Waals surface area contributed by atoms with Gasteiger partial charge in [-0.15, -0.1) is 0 Å². The van der Waals surface area contributed by atoms with Gasteiger partial charge in [-0.25, -0.2) is 0 Å². The van der Waals surface area contributed by atoms with Crippen LogP contribution in [0.3, 0.4) is 0 Å². The van der Waals surface area contributed by atoms with Gasteiger partial charge in [-0.05, 0) is 41.5 Å². The predicted molar refractivity (Wildman–Crippen MR) is 53.0 cm³/mol. The zero-order chi connectivity index (χ0) is 9.26. The van der Waals surface area contributed by atoms with Crippen molar-refractivity contribution >= 4 is 16.8 Å². The lowest BCUT2D eigenvalue weighted by Crippen LogP contribution is -1.98. The first-order chi connectivity index (χ1) is 6.27. The molecule has 1 aliphatic carbocycles. The van der Waals surface area contributed by atoms with E-state index in [1.807, 2.05) is 12.1 Å². The summed E-state index contributed by atoms with van der Waals surface area (Å²) in [6.07, 6.45) is 2.64. The normalized spacial score (nSPS) is 19.9. The van der Waals surface area contributed by atoms with Crippen molar-refractivity contribution in [1.82, 2.24) is 0 Å². The third kappa shape index (κ3) is 1.75. The zero-order valence-electron chi connectivity index (χ0n) is 7.29. The van der Waals surface area contributed by atoms with E-state index in [0.717, 1.165) is 12.8 Å². The molecule has 0 heterocycles. The fourth-order valence-corrected chi connectivity index (χ4v) is 2.24. The van der Waals surface area contributed by atoms with Gasteiger partial charge >= 0.3 is 0 Å². The minimum absolute atomic E-state index is 0.221. The van der Waals surface area contributed by atoms with Crippen LogP contribution in [0.2, 0.25) is 0 Å². The van der Waals surface area contributed by atoms with Crippen molar-refractivity contribution in [3.05, 3.63) is 35.4 Å². The predicted octanol–water partition coefficient (Wildman–Crippen LogP) is 2.87. The van der Waals surface area contributed by atoms with Crippen LogP contribution in [-0.4, -0.2) is 5.24 Å². The summed E-state index contributed by atoms with van der Waals surface area (Å²) >= 11 is 5.39. The molecule has 0 amide bonds. The second kappa shape index (κ2) is 3.51. The molecule has 2 rings (SSSR count). The fourth-order valence-electron chi connectivity index (χ4n) is 2.05. The maximum atomic E-state index is 10.8. The number of halogens is 1. The van der Waals surface area contributed by atoms with Crippen LogP contribution in [0.25, 0.3) is 0 Å². The maximum absolute atomic E-state index is 10.8. The monoisotopic (exact) mass is 194 g/mol. The van der Waals surface area contributed by atoms with E-state index in [1.165, 1.54) is 11.1 Å². The molecule has 1 aliphatic rings. The number of benzene rings is 1. The Labute approximate surface area is 82.7 Å². The highest BCUT2D eigenvalue weighted by atomic mass is 35.5. The number of carbonyl (C=O) groups excluding carboxylic acids is 1. The molecule has 0 spiro atoms. The van der Waals surface area contributed by atoms with E-state index in [4.69, 9.17) is 11.6 Å². The quantitative estimate of drug-likeness (QED) is 0.662. The second-order valence-corrected chi connectivity index (χ2v) is 3.92. The van der Waals surface area contributed by atoms with E-state index in [2.05, 4.69) is 12.1 Å². The highest BCUT2D eigenvalue weighted by Crippen LogP contribution is 2.35. The van der Waals surface area contributed by atoms with E-state index >= 15 is 0 Å². The van der Waals surface area contributed by atoms with Gasteiger partial charge in [-0.1, -0.05) is 24.3 Å². The molecule has 0 aromatic heterocycles. The second-order valence-electron chi connectivity index (χ2n) is 3.49. The molecular formula is C11H11ClO. The topological polar surface area (TPSA) is 17.1 Å². The Kier molecular flexibility index (Phi) is 2.36. The van der Waals surface area contributed by atoms with Crippen molar-refractivity contribution in [1.29, 1.82) is 0 Å². The zero-order valence-corrected chi connectivity index (χ0v) is 8.05. The van der Waals surface area contributed by atoms with Gasteiger partial charge in [0, 0.05) is 6.42 Å². The van der Waals surface area contributed by atoms with E-state index in [1.54, 1.807) is 0 Å². The molecule has 0 radical (unpaired) electrons. The van der Waals surface area contributed by atoms with E-state index < -0.39 is 0 Å². The van der Waals surface area contributed by atoms with Gasteiger partial charge < -0.3 is 0 Å². The van der Waals surface area contributed by atoms with Gasteiger partial charge in [0.2, 0.25) is 5.24 Å². The highest BCUT2D eigenvalue weighted by Gasteiger charge is 2.23. The van der Waals surface area contributed by atoms with Gasteiger partial charge in [0.05, 0.1) is 0 Å². The number of rotatable bonds is 2. The summed E-state index contributed by atoms with van der Waals surface area (Å²) in [5, 5.41) is -0.221. The summed E-state index contributed by atoms with van der Waals surface area (Å²) in [6, 6.07) is 8.31. The van der Waals surface area contributed by atoms with Gasteiger partial charge in [-0.2, -0.15) is 0 Å². The summed E-state index contributed by atoms with van der Waals surface area (Å²) in [7, 11) is 0. The van der Waals surface area contributed by atoms with Crippen LogP contribution in [0.4, 0.5) is 0 Å². The van der Waals surface area contributed by atoms with Gasteiger partial charge in [-0.3, -0.25) is 4.79 Å². The lowest BCUT2D eigenvalue weighted by molar-refractivity contribution is -0.112. The first-order valence-corrected chi connectivity index (χ1v) is 4.91. The SMILES string of the molecule is O=C(Cl)CC1CCc2ccccc21. The molecule has 0 saturated heterocycles. The average molecular weight is 195 g/mol. The standard InChI is InChI=1S/C11H11ClO/c12-11(13)7-9-6-5-8-3-1-2-4-10(8)9/h1-4,9H,5-7H2. The molecule has 0 N–H and O–H groups in total. The first-order valence-electron chi connectivity index (χ1n) is 4.53. The molecule has 0 aliphatic heterocycles. The number of hydrogen-bond acceptors (Lipinski definition) is 1. The minimum atomic E-state index is -0.221. The lowest BCUT2D eigenvalue weighted by Gasteiger charge is -2.07. The van der Waals surface area contributed by atoms with E-state index in [9.17, 15) is 4.79 Å². The van der Waals surface area contributed by atoms with Crippen molar-refractivity contribution < 1.29 is 4.79 Å². The Bertz CT molecular complexity index is 333. The van der Waals surface area contributed by atoms with Crippen molar-refractivity contribution in [3.63, 3.8) is 0 Å². The van der Waals surface area contributed by atoms with Crippen LogP contribution in [0, 0.1) is 0 Å². The summed E-state index contributed by atoms with van der Waals surface area (Å²) in [6.45, 7) is 0. The van der Waals surface area contributed by atoms with Gasteiger partial charge in [0.1, 0.15) is 0 Å². The van der Waals surface area contributed by atoms with Crippen LogP contribution >= 0.6 is 11.6 Å². The lowest BCUT2D eigenvalue weighted by atomic mass is 9.99. The Hall–Kier alpha value is -0.820. The van der Waals surface area contributed by atoms with Crippen LogP contribution in [0.5, 0.6) is 0 Å². The Morgan fingerprint density at radius 3 is 3.00 bits per heavy atom. The molecule has 1 unspecified atom stereocenters. The Morgan fingerprint density at radius 2 is 2.23 bits per heavy atom. The third-order valence-electron chi connectivity index (χ3n) is 2.66. The first kappa shape index (κ1) is 8.76. The van der Waals surface area contributed by atoms with E-state index in [0.29, 0.717) is 12.3 Å². The largest absolute Gasteiger partial charge is 0.281 e. The van der Waals surface area contributed by atoms with Crippen molar-refractivity contribution in [2.24, 2.45) is 0 Å². The molecule has 1 aromatic carbocycles. The number of fused-ring (bicyclic) bond motifs is 1. The molecule has 68 valence electrons.